The van der Waals surface area contributed by atoms with Crippen LogP contribution in [-0.4, -0.2) is 18.3 Å². The van der Waals surface area contributed by atoms with Crippen molar-refractivity contribution in [1.82, 2.24) is 4.98 Å². The highest BCUT2D eigenvalue weighted by Gasteiger charge is 2.32. The van der Waals surface area contributed by atoms with Crippen molar-refractivity contribution < 1.29 is 13.3 Å². The fourth-order valence-electron chi connectivity index (χ4n) is 2.55. The number of nitro groups is 1. The van der Waals surface area contributed by atoms with Crippen LogP contribution in [0.25, 0.3) is 0 Å². The molecule has 0 aliphatic rings. The predicted octanol–water partition coefficient (Wildman–Crippen LogP) is 4.69. The molecule has 28 heavy (non-hydrogen) atoms. The van der Waals surface area contributed by atoms with Gasteiger partial charge in [0.25, 0.3) is 15.7 Å². The summed E-state index contributed by atoms with van der Waals surface area (Å²) < 4.78 is 27.8. The highest BCUT2D eigenvalue weighted by atomic mass is 35.5. The molecule has 0 atom stereocenters. The molecule has 7 nitrogen and oxygen atoms in total. The summed E-state index contributed by atoms with van der Waals surface area (Å²) in [5, 5.41) is 11.9. The number of halogens is 2. The highest BCUT2D eigenvalue weighted by molar-refractivity contribution is 7.93. The van der Waals surface area contributed by atoms with Crippen LogP contribution in [0.2, 0.25) is 10.0 Å². The van der Waals surface area contributed by atoms with Crippen LogP contribution >= 0.6 is 23.2 Å². The molecule has 0 aliphatic carbocycles. The Morgan fingerprint density at radius 1 is 1.04 bits per heavy atom. The largest absolute Gasteiger partial charge is 0.291 e. The minimum absolute atomic E-state index is 0.0657. The Labute approximate surface area is 171 Å². The van der Waals surface area contributed by atoms with Gasteiger partial charge in [0.1, 0.15) is 0 Å². The number of anilines is 1. The van der Waals surface area contributed by atoms with Crippen molar-refractivity contribution in [3.8, 4) is 0 Å². The van der Waals surface area contributed by atoms with Gasteiger partial charge in [-0.3, -0.25) is 19.4 Å². The highest BCUT2D eigenvalue weighted by Crippen LogP contribution is 2.33. The first-order valence-electron chi connectivity index (χ1n) is 7.90. The number of pyridine rings is 1. The van der Waals surface area contributed by atoms with Gasteiger partial charge in [-0.25, -0.2) is 8.42 Å². The zero-order valence-corrected chi connectivity index (χ0v) is 16.5. The van der Waals surface area contributed by atoms with Crippen LogP contribution in [-0.2, 0) is 16.6 Å². The number of sulfonamides is 1. The molecule has 0 spiro atoms. The van der Waals surface area contributed by atoms with Crippen LogP contribution in [0.5, 0.6) is 0 Å². The zero-order chi connectivity index (χ0) is 20.3. The maximum Gasteiger partial charge on any atom is 0.291 e. The molecular weight excluding hydrogens is 425 g/mol. The molecule has 1 aromatic heterocycles. The van der Waals surface area contributed by atoms with Crippen molar-refractivity contribution in [3.05, 3.63) is 92.7 Å². The summed E-state index contributed by atoms with van der Waals surface area (Å²) in [5.74, 6) is 0. The Hall–Kier alpha value is -2.68. The lowest BCUT2D eigenvalue weighted by Gasteiger charge is -2.24. The van der Waals surface area contributed by atoms with E-state index in [2.05, 4.69) is 4.98 Å². The third-order valence-electron chi connectivity index (χ3n) is 3.85. The van der Waals surface area contributed by atoms with Gasteiger partial charge < -0.3 is 0 Å². The summed E-state index contributed by atoms with van der Waals surface area (Å²) in [6, 6.07) is 13.0. The Morgan fingerprint density at radius 2 is 1.71 bits per heavy atom. The van der Waals surface area contributed by atoms with Gasteiger partial charge >= 0.3 is 0 Å². The van der Waals surface area contributed by atoms with Gasteiger partial charge in [-0.1, -0.05) is 29.3 Å². The summed E-state index contributed by atoms with van der Waals surface area (Å²) >= 11 is 11.7. The first-order valence-corrected chi connectivity index (χ1v) is 10.1. The molecular formula is C18H13Cl2N3O4S. The van der Waals surface area contributed by atoms with E-state index >= 15 is 0 Å². The molecule has 144 valence electrons. The second kappa shape index (κ2) is 8.14. The predicted molar refractivity (Wildman–Crippen MR) is 107 cm³/mol. The molecule has 0 unspecified atom stereocenters. The summed E-state index contributed by atoms with van der Waals surface area (Å²) in [6.07, 6.45) is 3.09. The van der Waals surface area contributed by atoms with E-state index in [-0.39, 0.29) is 11.6 Å². The lowest BCUT2D eigenvalue weighted by Crippen LogP contribution is -2.31. The van der Waals surface area contributed by atoms with E-state index in [4.69, 9.17) is 23.2 Å². The van der Waals surface area contributed by atoms with Gasteiger partial charge in [0, 0.05) is 28.5 Å². The van der Waals surface area contributed by atoms with Gasteiger partial charge in [0.2, 0.25) is 0 Å². The quantitative estimate of drug-likeness (QED) is 0.411. The topological polar surface area (TPSA) is 93.4 Å². The van der Waals surface area contributed by atoms with Crippen LogP contribution in [0.15, 0.2) is 71.9 Å². The van der Waals surface area contributed by atoms with E-state index in [1.165, 1.54) is 24.4 Å². The monoisotopic (exact) mass is 437 g/mol. The Balaban J connectivity index is 2.16. The molecule has 0 bridgehead atoms. The van der Waals surface area contributed by atoms with Crippen LogP contribution < -0.4 is 4.31 Å². The van der Waals surface area contributed by atoms with Gasteiger partial charge in [0.15, 0.2) is 4.90 Å². The average molecular weight is 438 g/mol. The summed E-state index contributed by atoms with van der Waals surface area (Å²) in [7, 11) is -4.30. The molecule has 0 amide bonds. The number of benzene rings is 2. The average Bonchev–Trinajstić information content (AvgIpc) is 2.67. The smallest absolute Gasteiger partial charge is 0.264 e. The molecule has 3 aromatic rings. The number of rotatable bonds is 6. The van der Waals surface area contributed by atoms with Gasteiger partial charge in [-0.2, -0.15) is 0 Å². The Morgan fingerprint density at radius 3 is 2.32 bits per heavy atom. The molecule has 0 N–H and O–H groups in total. The molecule has 0 saturated carbocycles. The lowest BCUT2D eigenvalue weighted by molar-refractivity contribution is -0.387. The summed E-state index contributed by atoms with van der Waals surface area (Å²) in [4.78, 5) is 14.2. The number of nitro benzene ring substituents is 1. The Kier molecular flexibility index (Phi) is 5.83. The minimum atomic E-state index is -4.30. The first kappa shape index (κ1) is 20.1. The maximum atomic E-state index is 13.4. The number of hydrogen-bond acceptors (Lipinski definition) is 5. The number of hydrogen-bond donors (Lipinski definition) is 0. The van der Waals surface area contributed by atoms with E-state index in [0.29, 0.717) is 16.3 Å². The van der Waals surface area contributed by atoms with Crippen LogP contribution in [0, 0.1) is 10.1 Å². The van der Waals surface area contributed by atoms with E-state index in [1.807, 2.05) is 0 Å². The van der Waals surface area contributed by atoms with Crippen LogP contribution in [0.1, 0.15) is 5.56 Å². The van der Waals surface area contributed by atoms with Crippen molar-refractivity contribution >= 4 is 44.6 Å². The van der Waals surface area contributed by atoms with Crippen molar-refractivity contribution in [2.24, 2.45) is 0 Å². The molecule has 0 fully saturated rings. The van der Waals surface area contributed by atoms with Crippen molar-refractivity contribution in [1.29, 1.82) is 0 Å². The third-order valence-corrected chi connectivity index (χ3v) is 6.16. The summed E-state index contributed by atoms with van der Waals surface area (Å²) in [5.41, 5.74) is 0.313. The van der Waals surface area contributed by atoms with E-state index in [0.717, 1.165) is 16.4 Å². The van der Waals surface area contributed by atoms with Crippen molar-refractivity contribution in [2.75, 3.05) is 4.31 Å². The zero-order valence-electron chi connectivity index (χ0n) is 14.2. The molecule has 10 heteroatoms. The third kappa shape index (κ3) is 4.24. The molecule has 0 radical (unpaired) electrons. The fraction of sp³-hybridized carbons (Fsp3) is 0.0556. The van der Waals surface area contributed by atoms with E-state index < -0.39 is 25.5 Å². The van der Waals surface area contributed by atoms with Crippen molar-refractivity contribution in [3.63, 3.8) is 0 Å². The second-order valence-electron chi connectivity index (χ2n) is 5.72. The summed E-state index contributed by atoms with van der Waals surface area (Å²) in [6.45, 7) is -0.0718. The first-order chi connectivity index (χ1) is 13.3. The molecule has 1 heterocycles. The number of aromatic nitrogens is 1. The normalized spacial score (nSPS) is 11.2. The van der Waals surface area contributed by atoms with E-state index in [1.54, 1.807) is 30.5 Å². The maximum absolute atomic E-state index is 13.4. The minimum Gasteiger partial charge on any atom is -0.264 e. The van der Waals surface area contributed by atoms with Gasteiger partial charge in [0.05, 0.1) is 17.2 Å². The van der Waals surface area contributed by atoms with Gasteiger partial charge in [-0.15, -0.1) is 0 Å². The SMILES string of the molecule is O=[N+]([O-])c1cc(Cl)ccc1S(=O)(=O)N(Cc1cccnc1)c1ccc(Cl)cc1. The molecule has 3 rings (SSSR count). The van der Waals surface area contributed by atoms with E-state index in [9.17, 15) is 18.5 Å². The second-order valence-corrected chi connectivity index (χ2v) is 8.42. The lowest BCUT2D eigenvalue weighted by atomic mass is 10.2. The molecule has 0 saturated heterocycles. The standard InChI is InChI=1S/C18H13Cl2N3O4S/c19-14-3-6-16(7-4-14)22(12-13-2-1-9-21-11-13)28(26,27)18-8-5-15(20)10-17(18)23(24)25/h1-11H,12H2. The van der Waals surface area contributed by atoms with Crippen LogP contribution in [0.3, 0.4) is 0 Å². The van der Waals surface area contributed by atoms with Gasteiger partial charge in [-0.05, 0) is 48.0 Å². The Bertz CT molecular complexity index is 1110. The van der Waals surface area contributed by atoms with Crippen molar-refractivity contribution in [2.45, 2.75) is 11.4 Å². The molecule has 2 aromatic carbocycles. The number of nitrogens with zero attached hydrogens (tertiary/aromatic N) is 3. The van der Waals surface area contributed by atoms with Crippen LogP contribution in [0.4, 0.5) is 11.4 Å². The molecule has 0 aliphatic heterocycles. The fourth-order valence-corrected chi connectivity index (χ4v) is 4.44.